The minimum absolute atomic E-state index is 0.0186. The van der Waals surface area contributed by atoms with Gasteiger partial charge in [-0.2, -0.15) is 0 Å². The second-order valence-electron chi connectivity index (χ2n) is 10.2. The van der Waals surface area contributed by atoms with Crippen molar-refractivity contribution >= 4 is 12.1 Å². The van der Waals surface area contributed by atoms with Crippen LogP contribution in [-0.4, -0.2) is 76.2 Å². The van der Waals surface area contributed by atoms with Crippen molar-refractivity contribution in [3.63, 3.8) is 0 Å². The lowest BCUT2D eigenvalue weighted by atomic mass is 9.86. The number of nitrogens with one attached hydrogen (secondary N) is 2. The zero-order valence-corrected chi connectivity index (χ0v) is 22.2. The molecule has 0 aromatic heterocycles. The maximum Gasteiger partial charge on any atom is 0.406 e. The molecule has 10 heteroatoms. The molecule has 0 bridgehead atoms. The Labute approximate surface area is 219 Å². The number of nitrogens with zero attached hydrogens (tertiary/aromatic N) is 1. The Morgan fingerprint density at radius 2 is 2.08 bits per heavy atom. The number of nitrogens with two attached hydrogens (primary N) is 1. The molecule has 208 valence electrons. The Bertz CT molecular complexity index is 865. The number of likely N-dealkylation sites (tertiary alicyclic amines) is 1. The highest BCUT2D eigenvalue weighted by molar-refractivity contribution is 5.74. The third-order valence-electron chi connectivity index (χ3n) is 7.23. The minimum Gasteiger partial charge on any atom is -0.453 e. The van der Waals surface area contributed by atoms with Crippen molar-refractivity contribution < 1.29 is 28.2 Å². The van der Waals surface area contributed by atoms with Crippen LogP contribution in [-0.2, 0) is 14.2 Å². The summed E-state index contributed by atoms with van der Waals surface area (Å²) in [5.74, 6) is 0.0881. The van der Waals surface area contributed by atoms with Crippen LogP contribution in [0.5, 0.6) is 0 Å². The van der Waals surface area contributed by atoms with E-state index in [-0.39, 0.29) is 37.0 Å². The maximum absolute atomic E-state index is 14.2. The van der Waals surface area contributed by atoms with Crippen LogP contribution in [0.2, 0.25) is 0 Å². The van der Waals surface area contributed by atoms with E-state index in [0.717, 1.165) is 62.9 Å². The van der Waals surface area contributed by atoms with E-state index in [0.29, 0.717) is 25.6 Å². The standard InChI is InChI=1S/C27H43FN4O5/c1-19-8-9-22(28)15-24(19)25(37-13-10-30-27(34)35-2)21-7-5-11-32(17-21)26(33)31-16-23(29)14-20-6-3-4-12-36-18-20/h8-9,15,20-21,23,25H,3-7,10-14,16-18,29H2,1-2H3,(H,30,34)(H,31,33). The molecule has 2 aliphatic heterocycles. The zero-order valence-electron chi connectivity index (χ0n) is 22.2. The molecule has 0 aliphatic carbocycles. The van der Waals surface area contributed by atoms with Crippen LogP contribution in [0.3, 0.4) is 0 Å². The SMILES string of the molecule is COC(=O)NCCOC(c1cc(F)ccc1C)C1CCCN(C(=O)NCC(N)CC2CCCCOC2)C1. The first-order valence-corrected chi connectivity index (χ1v) is 13.4. The number of piperidine rings is 1. The van der Waals surface area contributed by atoms with Gasteiger partial charge in [0, 0.05) is 51.4 Å². The molecule has 4 atom stereocenters. The molecular weight excluding hydrogens is 479 g/mol. The number of methoxy groups -OCH3 is 1. The molecule has 0 saturated carbocycles. The van der Waals surface area contributed by atoms with E-state index in [4.69, 9.17) is 15.2 Å². The summed E-state index contributed by atoms with van der Waals surface area (Å²) >= 11 is 0. The number of carbonyl (C=O) groups excluding carboxylic acids is 2. The molecule has 2 heterocycles. The van der Waals surface area contributed by atoms with Gasteiger partial charge in [-0.15, -0.1) is 0 Å². The van der Waals surface area contributed by atoms with Crippen molar-refractivity contribution in [2.75, 3.05) is 53.1 Å². The van der Waals surface area contributed by atoms with Crippen LogP contribution in [0.4, 0.5) is 14.0 Å². The molecule has 9 nitrogen and oxygen atoms in total. The van der Waals surface area contributed by atoms with Gasteiger partial charge in [-0.3, -0.25) is 0 Å². The summed E-state index contributed by atoms with van der Waals surface area (Å²) < 4.78 is 30.6. The normalized spacial score (nSPS) is 22.0. The third-order valence-corrected chi connectivity index (χ3v) is 7.23. The van der Waals surface area contributed by atoms with Crippen LogP contribution >= 0.6 is 0 Å². The first-order valence-electron chi connectivity index (χ1n) is 13.4. The van der Waals surface area contributed by atoms with Gasteiger partial charge in [0.15, 0.2) is 0 Å². The van der Waals surface area contributed by atoms with E-state index in [2.05, 4.69) is 15.4 Å². The van der Waals surface area contributed by atoms with Gasteiger partial charge in [-0.05, 0) is 68.2 Å². The molecule has 3 rings (SSSR count). The molecule has 2 fully saturated rings. The second-order valence-corrected chi connectivity index (χ2v) is 10.2. The Morgan fingerprint density at radius 3 is 2.89 bits per heavy atom. The highest BCUT2D eigenvalue weighted by atomic mass is 19.1. The molecule has 37 heavy (non-hydrogen) atoms. The van der Waals surface area contributed by atoms with Crippen molar-refractivity contribution in [2.45, 2.75) is 57.6 Å². The average Bonchev–Trinajstić information content (AvgIpc) is 3.17. The number of benzene rings is 1. The number of ether oxygens (including phenoxy) is 3. The summed E-state index contributed by atoms with van der Waals surface area (Å²) in [7, 11) is 1.30. The van der Waals surface area contributed by atoms with Gasteiger partial charge < -0.3 is 35.5 Å². The molecule has 2 aliphatic rings. The smallest absolute Gasteiger partial charge is 0.406 e. The van der Waals surface area contributed by atoms with E-state index in [1.807, 2.05) is 6.92 Å². The predicted octanol–water partition coefficient (Wildman–Crippen LogP) is 3.50. The summed E-state index contributed by atoms with van der Waals surface area (Å²) in [6.45, 7) is 5.53. The van der Waals surface area contributed by atoms with E-state index in [9.17, 15) is 14.0 Å². The Hall–Kier alpha value is -2.43. The fourth-order valence-corrected chi connectivity index (χ4v) is 5.25. The number of halogens is 1. The van der Waals surface area contributed by atoms with Gasteiger partial charge in [0.25, 0.3) is 0 Å². The van der Waals surface area contributed by atoms with Crippen molar-refractivity contribution in [3.8, 4) is 0 Å². The van der Waals surface area contributed by atoms with Gasteiger partial charge >= 0.3 is 12.1 Å². The van der Waals surface area contributed by atoms with Gasteiger partial charge in [0.1, 0.15) is 5.82 Å². The summed E-state index contributed by atoms with van der Waals surface area (Å²) in [6, 6.07) is 4.41. The van der Waals surface area contributed by atoms with E-state index < -0.39 is 12.2 Å². The number of hydrogen-bond donors (Lipinski definition) is 3. The number of hydrogen-bond acceptors (Lipinski definition) is 6. The maximum atomic E-state index is 14.2. The van der Waals surface area contributed by atoms with Gasteiger partial charge in [-0.25, -0.2) is 14.0 Å². The van der Waals surface area contributed by atoms with Crippen LogP contribution < -0.4 is 16.4 Å². The van der Waals surface area contributed by atoms with E-state index >= 15 is 0 Å². The number of carbonyl (C=O) groups is 2. The van der Waals surface area contributed by atoms with Crippen LogP contribution in [0.15, 0.2) is 18.2 Å². The second kappa shape index (κ2) is 15.1. The van der Waals surface area contributed by atoms with Crippen LogP contribution in [0, 0.1) is 24.6 Å². The Kier molecular flexibility index (Phi) is 11.9. The fourth-order valence-electron chi connectivity index (χ4n) is 5.25. The molecule has 2 saturated heterocycles. The summed E-state index contributed by atoms with van der Waals surface area (Å²) in [5, 5.41) is 5.61. The first kappa shape index (κ1) is 29.1. The number of urea groups is 1. The topological polar surface area (TPSA) is 115 Å². The molecule has 3 amide bonds. The monoisotopic (exact) mass is 522 g/mol. The lowest BCUT2D eigenvalue weighted by Crippen LogP contribution is -2.49. The Morgan fingerprint density at radius 1 is 1.24 bits per heavy atom. The Balaban J connectivity index is 1.57. The van der Waals surface area contributed by atoms with Crippen molar-refractivity contribution in [2.24, 2.45) is 17.6 Å². The molecule has 0 spiro atoms. The quantitative estimate of drug-likeness (QED) is 0.405. The number of rotatable bonds is 10. The lowest BCUT2D eigenvalue weighted by molar-refractivity contribution is -0.00899. The van der Waals surface area contributed by atoms with E-state index in [1.165, 1.54) is 19.2 Å². The zero-order chi connectivity index (χ0) is 26.6. The lowest BCUT2D eigenvalue weighted by Gasteiger charge is -2.37. The van der Waals surface area contributed by atoms with Crippen molar-refractivity contribution in [3.05, 3.63) is 35.1 Å². The van der Waals surface area contributed by atoms with Crippen LogP contribution in [0.1, 0.15) is 55.8 Å². The highest BCUT2D eigenvalue weighted by Crippen LogP contribution is 2.35. The minimum atomic E-state index is -0.535. The summed E-state index contributed by atoms with van der Waals surface area (Å²) in [4.78, 5) is 26.2. The summed E-state index contributed by atoms with van der Waals surface area (Å²) in [5.41, 5.74) is 8.01. The van der Waals surface area contributed by atoms with Crippen molar-refractivity contribution in [1.29, 1.82) is 0 Å². The average molecular weight is 523 g/mol. The number of aryl methyl sites for hydroxylation is 1. The molecule has 1 aromatic carbocycles. The van der Waals surface area contributed by atoms with Crippen molar-refractivity contribution in [1.82, 2.24) is 15.5 Å². The molecule has 1 aromatic rings. The molecule has 0 radical (unpaired) electrons. The predicted molar refractivity (Wildman–Crippen MR) is 139 cm³/mol. The number of alkyl carbamates (subject to hydrolysis) is 1. The summed E-state index contributed by atoms with van der Waals surface area (Å²) in [6.07, 6.45) is 4.92. The van der Waals surface area contributed by atoms with Gasteiger partial charge in [0.05, 0.1) is 19.8 Å². The molecule has 4 N–H and O–H groups in total. The van der Waals surface area contributed by atoms with E-state index in [1.54, 1.807) is 11.0 Å². The highest BCUT2D eigenvalue weighted by Gasteiger charge is 2.32. The first-order chi connectivity index (χ1) is 17.9. The van der Waals surface area contributed by atoms with Crippen LogP contribution in [0.25, 0.3) is 0 Å². The number of amides is 3. The third kappa shape index (κ3) is 9.43. The van der Waals surface area contributed by atoms with Gasteiger partial charge in [0.2, 0.25) is 0 Å². The largest absolute Gasteiger partial charge is 0.453 e. The molecule has 4 unspecified atom stereocenters. The van der Waals surface area contributed by atoms with Gasteiger partial charge in [-0.1, -0.05) is 12.5 Å². The molecular formula is C27H43FN4O5. The fraction of sp³-hybridized carbons (Fsp3) is 0.704.